The van der Waals surface area contributed by atoms with Crippen molar-refractivity contribution in [3.8, 4) is 0 Å². The second-order valence-corrected chi connectivity index (χ2v) is 4.88. The van der Waals surface area contributed by atoms with Crippen LogP contribution in [0.25, 0.3) is 0 Å². The molecule has 0 radical (unpaired) electrons. The maximum absolute atomic E-state index is 11.9. The maximum atomic E-state index is 11.9. The smallest absolute Gasteiger partial charge is 0.415 e. The van der Waals surface area contributed by atoms with Crippen molar-refractivity contribution in [2.75, 3.05) is 17.2 Å². The van der Waals surface area contributed by atoms with E-state index in [2.05, 4.69) is 10.6 Å². The predicted molar refractivity (Wildman–Crippen MR) is 93.5 cm³/mol. The number of hydrogen-bond donors (Lipinski definition) is 2. The molecule has 0 saturated heterocycles. The Balaban J connectivity index is 1.97. The van der Waals surface area contributed by atoms with E-state index in [1.54, 1.807) is 67.6 Å². The summed E-state index contributed by atoms with van der Waals surface area (Å²) in [6.07, 6.45) is -3.79. The Kier molecular flexibility index (Phi) is 6.99. The van der Waals surface area contributed by atoms with E-state index in [1.165, 1.54) is 0 Å². The number of carbonyl (C=O) groups excluding carboxylic acids is 3. The van der Waals surface area contributed by atoms with Crippen LogP contribution in [0.3, 0.4) is 0 Å². The van der Waals surface area contributed by atoms with Gasteiger partial charge in [0.2, 0.25) is 0 Å². The second kappa shape index (κ2) is 9.67. The summed E-state index contributed by atoms with van der Waals surface area (Å²) in [5, 5.41) is 4.82. The van der Waals surface area contributed by atoms with Gasteiger partial charge in [0.25, 0.3) is 0 Å². The molecule has 0 aliphatic rings. The minimum absolute atomic E-state index is 0.0304. The first-order chi connectivity index (χ1) is 12.6. The van der Waals surface area contributed by atoms with Crippen LogP contribution >= 0.6 is 0 Å². The normalized spacial score (nSPS) is 9.92. The molecule has 0 fully saturated rings. The first-order valence-corrected chi connectivity index (χ1v) is 7.80. The van der Waals surface area contributed by atoms with E-state index in [1.807, 2.05) is 0 Å². The molecule has 0 saturated carbocycles. The molecular weight excluding hydrogens is 340 g/mol. The summed E-state index contributed by atoms with van der Waals surface area (Å²) in [6.45, 7) is 1.60. The summed E-state index contributed by atoms with van der Waals surface area (Å²) in [6, 6.07) is 16.9. The molecule has 0 bridgehead atoms. The number of rotatable bonds is 6. The first-order valence-electron chi connectivity index (χ1n) is 7.80. The number of amides is 2. The van der Waals surface area contributed by atoms with Crippen LogP contribution in [0.4, 0.5) is 21.0 Å². The summed E-state index contributed by atoms with van der Waals surface area (Å²) >= 11 is 0. The second-order valence-electron chi connectivity index (χ2n) is 4.88. The number of carbonyl (C=O) groups is 3. The van der Waals surface area contributed by atoms with Gasteiger partial charge in [-0.05, 0) is 31.2 Å². The van der Waals surface area contributed by atoms with Crippen molar-refractivity contribution in [1.82, 2.24) is 0 Å². The number of hydrogen-bond acceptors (Lipinski definition) is 6. The summed E-state index contributed by atoms with van der Waals surface area (Å²) < 4.78 is 14.5. The van der Waals surface area contributed by atoms with E-state index in [0.29, 0.717) is 11.4 Å². The molecule has 2 N–H and O–H groups in total. The topological polar surface area (TPSA) is 103 Å². The number of para-hydroxylation sites is 2. The molecule has 0 aromatic heterocycles. The lowest BCUT2D eigenvalue weighted by Gasteiger charge is -2.17. The Morgan fingerprint density at radius 1 is 0.808 bits per heavy atom. The van der Waals surface area contributed by atoms with Crippen LogP contribution in [0.2, 0.25) is 0 Å². The molecule has 0 aliphatic heterocycles. The van der Waals surface area contributed by atoms with E-state index in [-0.39, 0.29) is 6.61 Å². The van der Waals surface area contributed by atoms with E-state index in [0.717, 1.165) is 0 Å². The van der Waals surface area contributed by atoms with Gasteiger partial charge in [-0.2, -0.15) is 0 Å². The predicted octanol–water partition coefficient (Wildman–Crippen LogP) is 3.37. The van der Waals surface area contributed by atoms with Crippen molar-refractivity contribution in [2.45, 2.75) is 13.2 Å². The third-order valence-electron chi connectivity index (χ3n) is 2.95. The van der Waals surface area contributed by atoms with Gasteiger partial charge >= 0.3 is 24.4 Å². The van der Waals surface area contributed by atoms with E-state index in [9.17, 15) is 14.4 Å². The molecule has 0 unspecified atom stereocenters. The van der Waals surface area contributed by atoms with E-state index in [4.69, 9.17) is 14.2 Å². The lowest BCUT2D eigenvalue weighted by atomic mass is 10.3. The number of benzene rings is 2. The van der Waals surface area contributed by atoms with Gasteiger partial charge in [0, 0.05) is 11.4 Å². The third-order valence-corrected chi connectivity index (χ3v) is 2.95. The van der Waals surface area contributed by atoms with Gasteiger partial charge in [-0.25, -0.2) is 14.4 Å². The van der Waals surface area contributed by atoms with Crippen LogP contribution in [0, 0.1) is 0 Å². The Labute approximate surface area is 150 Å². The highest BCUT2D eigenvalue weighted by molar-refractivity contribution is 5.89. The fourth-order valence-electron chi connectivity index (χ4n) is 1.86. The average Bonchev–Trinajstić information content (AvgIpc) is 2.63. The molecule has 8 nitrogen and oxygen atoms in total. The largest absolute Gasteiger partial charge is 0.460 e. The molecule has 2 amide bonds. The summed E-state index contributed by atoms with van der Waals surface area (Å²) in [4.78, 5) is 35.7. The minimum Gasteiger partial charge on any atom is -0.460 e. The van der Waals surface area contributed by atoms with Crippen molar-refractivity contribution in [3.63, 3.8) is 0 Å². The van der Waals surface area contributed by atoms with Gasteiger partial charge in [0.05, 0.1) is 6.61 Å². The SMILES string of the molecule is CCOC(=O)C(OC(=O)Nc1ccccc1)OC(=O)Nc1ccccc1. The maximum Gasteiger partial charge on any atom is 0.415 e. The van der Waals surface area contributed by atoms with Gasteiger partial charge in [-0.3, -0.25) is 10.6 Å². The monoisotopic (exact) mass is 358 g/mol. The van der Waals surface area contributed by atoms with Crippen LogP contribution < -0.4 is 10.6 Å². The molecule has 0 atom stereocenters. The third kappa shape index (κ3) is 6.16. The molecule has 0 heterocycles. The van der Waals surface area contributed by atoms with Gasteiger partial charge in [0.1, 0.15) is 0 Å². The van der Waals surface area contributed by atoms with Crippen LogP contribution in [0.1, 0.15) is 6.92 Å². The van der Waals surface area contributed by atoms with Crippen molar-refractivity contribution < 1.29 is 28.6 Å². The van der Waals surface area contributed by atoms with Crippen LogP contribution in [-0.4, -0.2) is 31.1 Å². The number of esters is 1. The van der Waals surface area contributed by atoms with E-state index >= 15 is 0 Å². The highest BCUT2D eigenvalue weighted by Crippen LogP contribution is 2.10. The van der Waals surface area contributed by atoms with Crippen molar-refractivity contribution in [1.29, 1.82) is 0 Å². The Bertz CT molecular complexity index is 680. The fraction of sp³-hybridized carbons (Fsp3) is 0.167. The summed E-state index contributed by atoms with van der Waals surface area (Å²) in [5.74, 6) is -1.00. The van der Waals surface area contributed by atoms with Crippen molar-refractivity contribution in [3.05, 3.63) is 60.7 Å². The molecule has 2 aromatic rings. The summed E-state index contributed by atoms with van der Waals surface area (Å²) in [7, 11) is 0. The zero-order chi connectivity index (χ0) is 18.8. The van der Waals surface area contributed by atoms with Gasteiger partial charge in [-0.1, -0.05) is 36.4 Å². The highest BCUT2D eigenvalue weighted by atomic mass is 16.7. The quantitative estimate of drug-likeness (QED) is 0.606. The summed E-state index contributed by atoms with van der Waals surface area (Å²) in [5.41, 5.74) is 0.905. The fourth-order valence-corrected chi connectivity index (χ4v) is 1.86. The van der Waals surface area contributed by atoms with Crippen LogP contribution in [0.15, 0.2) is 60.7 Å². The minimum atomic E-state index is -1.85. The van der Waals surface area contributed by atoms with E-state index < -0.39 is 24.4 Å². The molecule has 26 heavy (non-hydrogen) atoms. The average molecular weight is 358 g/mol. The van der Waals surface area contributed by atoms with Gasteiger partial charge in [-0.15, -0.1) is 0 Å². The van der Waals surface area contributed by atoms with Crippen molar-refractivity contribution in [2.24, 2.45) is 0 Å². The molecular formula is C18H18N2O6. The molecule has 0 aliphatic carbocycles. The molecule has 2 rings (SSSR count). The number of nitrogens with one attached hydrogen (secondary N) is 2. The zero-order valence-electron chi connectivity index (χ0n) is 14.0. The Morgan fingerprint density at radius 3 is 1.62 bits per heavy atom. The van der Waals surface area contributed by atoms with Crippen molar-refractivity contribution >= 4 is 29.5 Å². The highest BCUT2D eigenvalue weighted by Gasteiger charge is 2.29. The number of anilines is 2. The lowest BCUT2D eigenvalue weighted by molar-refractivity contribution is -0.171. The molecule has 2 aromatic carbocycles. The van der Waals surface area contributed by atoms with Gasteiger partial charge in [0.15, 0.2) is 0 Å². The Morgan fingerprint density at radius 2 is 1.23 bits per heavy atom. The van der Waals surface area contributed by atoms with Gasteiger partial charge < -0.3 is 14.2 Å². The standard InChI is InChI=1S/C18H18N2O6/c1-2-24-15(21)16(25-17(22)19-13-9-5-3-6-10-13)26-18(23)20-14-11-7-4-8-12-14/h3-12,16H,2H2,1H3,(H,19,22)(H,20,23). The molecule has 0 spiro atoms. The lowest BCUT2D eigenvalue weighted by Crippen LogP contribution is -2.36. The zero-order valence-corrected chi connectivity index (χ0v) is 14.0. The number of ether oxygens (including phenoxy) is 3. The molecule has 8 heteroatoms. The van der Waals surface area contributed by atoms with Crippen LogP contribution in [-0.2, 0) is 19.0 Å². The van der Waals surface area contributed by atoms with Crippen LogP contribution in [0.5, 0.6) is 0 Å². The Hall–Kier alpha value is -3.55. The first kappa shape index (κ1) is 18.8. The molecule has 136 valence electrons.